The number of rotatable bonds is 5. The van der Waals surface area contributed by atoms with Crippen LogP contribution in [0, 0.1) is 0 Å². The zero-order valence-electron chi connectivity index (χ0n) is 19.2. The number of fused-ring (bicyclic) bond motifs is 1. The summed E-state index contributed by atoms with van der Waals surface area (Å²) in [6.45, 7) is 2.17. The van der Waals surface area contributed by atoms with Crippen LogP contribution < -0.4 is 4.90 Å². The number of halogens is 1. The lowest BCUT2D eigenvalue weighted by atomic mass is 10.0. The van der Waals surface area contributed by atoms with E-state index in [2.05, 4.69) is 15.2 Å². The molecule has 1 aliphatic heterocycles. The van der Waals surface area contributed by atoms with Gasteiger partial charge >= 0.3 is 0 Å². The predicted octanol–water partition coefficient (Wildman–Crippen LogP) is 4.23. The second kappa shape index (κ2) is 10.6. The molecule has 1 aliphatic rings. The number of benzene rings is 2. The molecular weight excluding hydrogens is 466 g/mol. The normalized spacial score (nSPS) is 13.7. The maximum atomic E-state index is 13.1. The van der Waals surface area contributed by atoms with Crippen LogP contribution in [0.1, 0.15) is 32.1 Å². The Balaban J connectivity index is 0.00000289. The monoisotopic (exact) mass is 491 g/mol. The van der Waals surface area contributed by atoms with Crippen molar-refractivity contribution >= 4 is 53.0 Å². The lowest BCUT2D eigenvalue weighted by Gasteiger charge is -2.27. The molecule has 1 saturated heterocycles. The van der Waals surface area contributed by atoms with Gasteiger partial charge in [-0.15, -0.1) is 12.4 Å². The van der Waals surface area contributed by atoms with Crippen molar-refractivity contribution in [2.24, 2.45) is 0 Å². The van der Waals surface area contributed by atoms with Gasteiger partial charge in [-0.1, -0.05) is 30.3 Å². The first-order chi connectivity index (χ1) is 16.6. The quantitative estimate of drug-likeness (QED) is 0.436. The Labute approximate surface area is 209 Å². The van der Waals surface area contributed by atoms with E-state index < -0.39 is 0 Å². The number of para-hydroxylation sites is 1. The van der Waals surface area contributed by atoms with Crippen molar-refractivity contribution in [2.45, 2.75) is 0 Å². The molecule has 0 spiro atoms. The van der Waals surface area contributed by atoms with Crippen LogP contribution in [0.25, 0.3) is 23.1 Å². The minimum Gasteiger partial charge on any atom is -0.378 e. The molecule has 0 atom stereocenters. The van der Waals surface area contributed by atoms with Crippen molar-refractivity contribution in [1.29, 1.82) is 0 Å². The second-order valence-corrected chi connectivity index (χ2v) is 8.11. The maximum absolute atomic E-state index is 13.1. The third-order valence-corrected chi connectivity index (χ3v) is 5.99. The maximum Gasteiger partial charge on any atom is 0.274 e. The molecule has 0 unspecified atom stereocenters. The summed E-state index contributed by atoms with van der Waals surface area (Å²) in [6.07, 6.45) is 5.54. The lowest BCUT2D eigenvalue weighted by Crippen LogP contribution is -2.40. The van der Waals surface area contributed by atoms with Gasteiger partial charge in [0.1, 0.15) is 5.69 Å². The predicted molar refractivity (Wildman–Crippen MR) is 139 cm³/mol. The minimum absolute atomic E-state index is 0. The number of H-pyrrole nitrogens is 2. The Kier molecular flexibility index (Phi) is 7.33. The van der Waals surface area contributed by atoms with E-state index in [-0.39, 0.29) is 24.2 Å². The average Bonchev–Trinajstić information content (AvgIpc) is 3.57. The average molecular weight is 492 g/mol. The Morgan fingerprint density at radius 2 is 1.86 bits per heavy atom. The molecule has 0 saturated carbocycles. The molecule has 35 heavy (non-hydrogen) atoms. The van der Waals surface area contributed by atoms with Gasteiger partial charge in [-0.05, 0) is 42.0 Å². The van der Waals surface area contributed by atoms with Gasteiger partial charge < -0.3 is 19.5 Å². The lowest BCUT2D eigenvalue weighted by molar-refractivity contribution is 0.0303. The molecule has 180 valence electrons. The molecule has 0 aliphatic carbocycles. The van der Waals surface area contributed by atoms with E-state index in [1.807, 2.05) is 42.5 Å². The van der Waals surface area contributed by atoms with Crippen molar-refractivity contribution in [3.63, 3.8) is 0 Å². The van der Waals surface area contributed by atoms with Crippen molar-refractivity contribution in [3.05, 3.63) is 83.3 Å². The number of ether oxygens (including phenoxy) is 1. The molecule has 3 heterocycles. The van der Waals surface area contributed by atoms with E-state index in [1.165, 1.54) is 0 Å². The molecule has 2 aromatic carbocycles. The third kappa shape index (κ3) is 4.99. The van der Waals surface area contributed by atoms with Gasteiger partial charge in [-0.2, -0.15) is 5.10 Å². The summed E-state index contributed by atoms with van der Waals surface area (Å²) >= 11 is 0. The van der Waals surface area contributed by atoms with E-state index in [4.69, 9.17) is 4.74 Å². The van der Waals surface area contributed by atoms with Crippen LogP contribution in [0.4, 0.5) is 5.69 Å². The van der Waals surface area contributed by atoms with Crippen molar-refractivity contribution in [1.82, 2.24) is 20.1 Å². The Morgan fingerprint density at radius 1 is 1.06 bits per heavy atom. The molecule has 2 amide bonds. The molecule has 9 heteroatoms. The van der Waals surface area contributed by atoms with E-state index in [0.717, 1.165) is 22.2 Å². The fraction of sp³-hybridized carbons (Fsp3) is 0.192. The van der Waals surface area contributed by atoms with Crippen LogP contribution in [0.2, 0.25) is 0 Å². The number of morpholine rings is 1. The largest absolute Gasteiger partial charge is 0.378 e. The number of anilines is 1. The minimum atomic E-state index is -0.194. The SMILES string of the molecule is CN(C(=O)c1ccc[nH]1)c1cc(C(=O)N2CCOCC2)ccc1/C=C/c1n[nH]c2ccccc12.Cl. The highest BCUT2D eigenvalue weighted by molar-refractivity contribution is 6.07. The summed E-state index contributed by atoms with van der Waals surface area (Å²) in [7, 11) is 1.71. The smallest absolute Gasteiger partial charge is 0.274 e. The molecule has 2 N–H and O–H groups in total. The molecular formula is C26H26ClN5O3. The zero-order valence-corrected chi connectivity index (χ0v) is 20.0. The standard InChI is InChI=1S/C26H25N5O3.ClH/c1-30(26(33)23-7-4-12-27-23)24-17-19(25(32)31-13-15-34-16-14-31)9-8-18(24)10-11-22-20-5-2-3-6-21(20)28-29-22;/h2-12,17,27H,13-16H2,1H3,(H,28,29);1H/b11-10+;. The van der Waals surface area contributed by atoms with E-state index in [0.29, 0.717) is 43.2 Å². The number of hydrogen-bond acceptors (Lipinski definition) is 4. The summed E-state index contributed by atoms with van der Waals surface area (Å²) < 4.78 is 5.37. The van der Waals surface area contributed by atoms with E-state index >= 15 is 0 Å². The second-order valence-electron chi connectivity index (χ2n) is 8.11. The van der Waals surface area contributed by atoms with Crippen LogP contribution in [0.15, 0.2) is 60.8 Å². The van der Waals surface area contributed by atoms with Crippen LogP contribution in [0.5, 0.6) is 0 Å². The number of carbonyl (C=O) groups is 2. The highest BCUT2D eigenvalue weighted by Gasteiger charge is 2.22. The molecule has 0 bridgehead atoms. The molecule has 5 rings (SSSR count). The van der Waals surface area contributed by atoms with Crippen LogP contribution >= 0.6 is 12.4 Å². The molecule has 0 radical (unpaired) electrons. The third-order valence-electron chi connectivity index (χ3n) is 5.99. The number of amides is 2. The summed E-state index contributed by atoms with van der Waals surface area (Å²) in [5, 5.41) is 8.44. The Bertz CT molecular complexity index is 1360. The highest BCUT2D eigenvalue weighted by atomic mass is 35.5. The first kappa shape index (κ1) is 24.3. The first-order valence-corrected chi connectivity index (χ1v) is 11.2. The van der Waals surface area contributed by atoms with E-state index in [1.54, 1.807) is 47.3 Å². The van der Waals surface area contributed by atoms with Gasteiger partial charge in [0.25, 0.3) is 11.8 Å². The van der Waals surface area contributed by atoms with Gasteiger partial charge in [0.2, 0.25) is 0 Å². The molecule has 8 nitrogen and oxygen atoms in total. The van der Waals surface area contributed by atoms with Gasteiger partial charge in [0.15, 0.2) is 0 Å². The van der Waals surface area contributed by atoms with E-state index in [9.17, 15) is 9.59 Å². The Hall–Kier alpha value is -3.88. The van der Waals surface area contributed by atoms with Gasteiger partial charge in [-0.3, -0.25) is 14.7 Å². The number of aromatic nitrogens is 3. The van der Waals surface area contributed by atoms with Crippen molar-refractivity contribution in [2.75, 3.05) is 38.3 Å². The summed E-state index contributed by atoms with van der Waals surface area (Å²) in [4.78, 5) is 32.5. The number of hydrogen-bond donors (Lipinski definition) is 2. The molecule has 1 fully saturated rings. The van der Waals surface area contributed by atoms with Gasteiger partial charge in [0.05, 0.1) is 30.1 Å². The zero-order chi connectivity index (χ0) is 23.5. The first-order valence-electron chi connectivity index (χ1n) is 11.2. The fourth-order valence-electron chi connectivity index (χ4n) is 4.09. The summed E-state index contributed by atoms with van der Waals surface area (Å²) in [6, 6.07) is 16.9. The van der Waals surface area contributed by atoms with Crippen LogP contribution in [-0.4, -0.2) is 65.2 Å². The van der Waals surface area contributed by atoms with Crippen LogP contribution in [-0.2, 0) is 4.74 Å². The molecule has 4 aromatic rings. The summed E-state index contributed by atoms with van der Waals surface area (Å²) in [5.74, 6) is -0.264. The van der Waals surface area contributed by atoms with Gasteiger partial charge in [-0.25, -0.2) is 0 Å². The fourth-order valence-corrected chi connectivity index (χ4v) is 4.09. The van der Waals surface area contributed by atoms with Crippen LogP contribution in [0.3, 0.4) is 0 Å². The number of carbonyl (C=O) groups excluding carboxylic acids is 2. The van der Waals surface area contributed by atoms with Crippen molar-refractivity contribution in [3.8, 4) is 0 Å². The Morgan fingerprint density at radius 3 is 2.63 bits per heavy atom. The van der Waals surface area contributed by atoms with Crippen molar-refractivity contribution < 1.29 is 14.3 Å². The highest BCUT2D eigenvalue weighted by Crippen LogP contribution is 2.27. The topological polar surface area (TPSA) is 94.3 Å². The summed E-state index contributed by atoms with van der Waals surface area (Å²) in [5.41, 5.74) is 4.19. The number of aromatic amines is 2. The van der Waals surface area contributed by atoms with Gasteiger partial charge in [0, 0.05) is 37.3 Å². The molecule has 2 aromatic heterocycles. The number of nitrogens with one attached hydrogen (secondary N) is 2. The number of nitrogens with zero attached hydrogens (tertiary/aromatic N) is 3.